The van der Waals surface area contributed by atoms with Crippen LogP contribution in [0.4, 0.5) is 0 Å². The molecule has 0 atom stereocenters. The van der Waals surface area contributed by atoms with Crippen molar-refractivity contribution < 1.29 is 9.90 Å². The van der Waals surface area contributed by atoms with Crippen molar-refractivity contribution in [2.45, 2.75) is 0 Å². The minimum Gasteiger partial charge on any atom is -0.381 e. The van der Waals surface area contributed by atoms with Crippen molar-refractivity contribution in [2.75, 3.05) is 20.8 Å². The Hall–Kier alpha value is -0.410. The molecule has 7 heavy (non-hydrogen) atoms. The Balaban J connectivity index is 0. The maximum Gasteiger partial charge on any atom is 0.106 e. The maximum atomic E-state index is 8.07. The Morgan fingerprint density at radius 1 is 1.57 bits per heavy atom. The van der Waals surface area contributed by atoms with E-state index in [-0.39, 0.29) is 6.73 Å². The van der Waals surface area contributed by atoms with Gasteiger partial charge in [0.15, 0.2) is 0 Å². The highest BCUT2D eigenvalue weighted by Gasteiger charge is 1.73. The lowest BCUT2D eigenvalue weighted by atomic mass is 11.0. The first-order chi connectivity index (χ1) is 3.27. The highest BCUT2D eigenvalue weighted by Crippen LogP contribution is 1.59. The molecule has 0 aromatic carbocycles. The lowest BCUT2D eigenvalue weighted by molar-refractivity contribution is -0.0979. The minimum atomic E-state index is 0.139. The molecule has 3 heteroatoms. The Bertz CT molecular complexity index is 30.9. The fourth-order valence-corrected chi connectivity index (χ4v) is 0. The topological polar surface area (TPSA) is 40.5 Å². The smallest absolute Gasteiger partial charge is 0.106 e. The van der Waals surface area contributed by atoms with Gasteiger partial charge in [0, 0.05) is 0 Å². The summed E-state index contributed by atoms with van der Waals surface area (Å²) in [4.78, 5) is 9.68. The first-order valence-corrected chi connectivity index (χ1v) is 1.82. The molecule has 3 nitrogen and oxygen atoms in total. The number of rotatable bonds is 1. The number of hydrogen-bond donors (Lipinski definition) is 1. The SMILES string of the molecule is C=O.CN(C)CO. The van der Waals surface area contributed by atoms with Crippen molar-refractivity contribution in [3.05, 3.63) is 0 Å². The number of carbonyl (C=O) groups excluding carboxylic acids is 1. The summed E-state index contributed by atoms with van der Waals surface area (Å²) in [5.41, 5.74) is 0. The van der Waals surface area contributed by atoms with E-state index >= 15 is 0 Å². The van der Waals surface area contributed by atoms with E-state index in [4.69, 9.17) is 9.90 Å². The highest BCUT2D eigenvalue weighted by molar-refractivity contribution is 5.10. The molecule has 0 aliphatic heterocycles. The Morgan fingerprint density at radius 3 is 1.71 bits per heavy atom. The van der Waals surface area contributed by atoms with Crippen molar-refractivity contribution >= 4 is 6.79 Å². The molecule has 0 unspecified atom stereocenters. The second-order valence-electron chi connectivity index (χ2n) is 1.22. The molecule has 0 saturated carbocycles. The number of hydrogen-bond acceptors (Lipinski definition) is 3. The summed E-state index contributed by atoms with van der Waals surface area (Å²) >= 11 is 0. The average molecular weight is 105 g/mol. The van der Waals surface area contributed by atoms with Crippen LogP contribution in [0.25, 0.3) is 0 Å². The van der Waals surface area contributed by atoms with E-state index < -0.39 is 0 Å². The first-order valence-electron chi connectivity index (χ1n) is 1.82. The summed E-state index contributed by atoms with van der Waals surface area (Å²) < 4.78 is 0. The summed E-state index contributed by atoms with van der Waals surface area (Å²) in [5, 5.41) is 8.07. The minimum absolute atomic E-state index is 0.139. The van der Waals surface area contributed by atoms with E-state index in [2.05, 4.69) is 0 Å². The van der Waals surface area contributed by atoms with Crippen molar-refractivity contribution in [2.24, 2.45) is 0 Å². The van der Waals surface area contributed by atoms with Crippen LogP contribution in [-0.4, -0.2) is 37.6 Å². The first kappa shape index (κ1) is 9.77. The largest absolute Gasteiger partial charge is 0.381 e. The molecular weight excluding hydrogens is 94.0 g/mol. The third-order valence-corrected chi connectivity index (χ3v) is 0.283. The van der Waals surface area contributed by atoms with E-state index in [1.165, 1.54) is 0 Å². The molecule has 0 saturated heterocycles. The summed E-state index contributed by atoms with van der Waals surface area (Å²) in [6.07, 6.45) is 0. The van der Waals surface area contributed by atoms with Gasteiger partial charge in [-0.05, 0) is 14.1 Å². The molecule has 0 amide bonds. The van der Waals surface area contributed by atoms with Gasteiger partial charge in [-0.3, -0.25) is 4.90 Å². The van der Waals surface area contributed by atoms with Crippen LogP contribution in [0.15, 0.2) is 0 Å². The molecule has 0 aromatic heterocycles. The Kier molecular flexibility index (Phi) is 12.8. The fourth-order valence-electron chi connectivity index (χ4n) is 0. The monoisotopic (exact) mass is 105 g/mol. The third kappa shape index (κ3) is 28.5. The van der Waals surface area contributed by atoms with Crippen LogP contribution < -0.4 is 0 Å². The average Bonchev–Trinajstić information content (AvgIpc) is 1.73. The molecule has 44 valence electrons. The van der Waals surface area contributed by atoms with Gasteiger partial charge in [0.05, 0.1) is 6.73 Å². The van der Waals surface area contributed by atoms with Gasteiger partial charge in [-0.2, -0.15) is 0 Å². The van der Waals surface area contributed by atoms with Gasteiger partial charge in [0.25, 0.3) is 0 Å². The van der Waals surface area contributed by atoms with Gasteiger partial charge in [-0.15, -0.1) is 0 Å². The second kappa shape index (κ2) is 9.14. The van der Waals surface area contributed by atoms with Crippen molar-refractivity contribution in [3.8, 4) is 0 Å². The summed E-state index contributed by atoms with van der Waals surface area (Å²) in [5.74, 6) is 0. The third-order valence-electron chi connectivity index (χ3n) is 0.283. The van der Waals surface area contributed by atoms with Crippen LogP contribution in [0, 0.1) is 0 Å². The van der Waals surface area contributed by atoms with Crippen molar-refractivity contribution in [1.29, 1.82) is 0 Å². The van der Waals surface area contributed by atoms with E-state index in [9.17, 15) is 0 Å². The highest BCUT2D eigenvalue weighted by atomic mass is 16.3. The molecule has 0 spiro atoms. The van der Waals surface area contributed by atoms with Gasteiger partial charge < -0.3 is 9.90 Å². The number of carbonyl (C=O) groups is 1. The fraction of sp³-hybridized carbons (Fsp3) is 0.750. The van der Waals surface area contributed by atoms with Gasteiger partial charge in [-0.25, -0.2) is 0 Å². The quantitative estimate of drug-likeness (QED) is 0.449. The Labute approximate surface area is 43.6 Å². The maximum absolute atomic E-state index is 8.07. The van der Waals surface area contributed by atoms with E-state index in [0.717, 1.165) is 0 Å². The second-order valence-corrected chi connectivity index (χ2v) is 1.22. The zero-order chi connectivity index (χ0) is 6.28. The Morgan fingerprint density at radius 2 is 1.71 bits per heavy atom. The number of aliphatic hydroxyl groups excluding tert-OH is 1. The molecule has 0 radical (unpaired) electrons. The molecule has 0 aromatic rings. The van der Waals surface area contributed by atoms with Crippen LogP contribution in [0.1, 0.15) is 0 Å². The molecule has 0 rings (SSSR count). The zero-order valence-corrected chi connectivity index (χ0v) is 4.72. The van der Waals surface area contributed by atoms with Gasteiger partial charge in [0.1, 0.15) is 6.79 Å². The molecular formula is C4H11NO2. The van der Waals surface area contributed by atoms with E-state index in [0.29, 0.717) is 0 Å². The van der Waals surface area contributed by atoms with Crippen LogP contribution in [-0.2, 0) is 4.79 Å². The molecule has 0 heterocycles. The standard InChI is InChI=1S/C3H9NO.CH2O/c1-4(2)3-5;1-2/h5H,3H2,1-2H3;1H2. The number of aliphatic hydroxyl groups is 1. The van der Waals surface area contributed by atoms with Crippen molar-refractivity contribution in [1.82, 2.24) is 4.90 Å². The molecule has 0 bridgehead atoms. The zero-order valence-electron chi connectivity index (χ0n) is 4.72. The molecule has 0 fully saturated rings. The van der Waals surface area contributed by atoms with Gasteiger partial charge in [-0.1, -0.05) is 0 Å². The van der Waals surface area contributed by atoms with Gasteiger partial charge >= 0.3 is 0 Å². The predicted molar refractivity (Wildman–Crippen MR) is 27.9 cm³/mol. The molecule has 0 aliphatic rings. The predicted octanol–water partition coefficient (Wildman–Crippen LogP) is -0.687. The molecule has 1 N–H and O–H groups in total. The summed E-state index contributed by atoms with van der Waals surface area (Å²) in [6.45, 7) is 2.14. The summed E-state index contributed by atoms with van der Waals surface area (Å²) in [7, 11) is 3.61. The van der Waals surface area contributed by atoms with Gasteiger partial charge in [0.2, 0.25) is 0 Å². The normalized spacial score (nSPS) is 7.43. The van der Waals surface area contributed by atoms with Crippen LogP contribution >= 0.6 is 0 Å². The van der Waals surface area contributed by atoms with Crippen LogP contribution in [0.2, 0.25) is 0 Å². The van der Waals surface area contributed by atoms with Crippen molar-refractivity contribution in [3.63, 3.8) is 0 Å². The lowest BCUT2D eigenvalue weighted by Crippen LogP contribution is -2.11. The lowest BCUT2D eigenvalue weighted by Gasteiger charge is -1.99. The van der Waals surface area contributed by atoms with Crippen LogP contribution in [0.5, 0.6) is 0 Å². The molecule has 0 aliphatic carbocycles. The van der Waals surface area contributed by atoms with Crippen LogP contribution in [0.3, 0.4) is 0 Å². The van der Waals surface area contributed by atoms with E-state index in [1.54, 1.807) is 19.0 Å². The van der Waals surface area contributed by atoms with E-state index in [1.807, 2.05) is 6.79 Å². The summed E-state index contributed by atoms with van der Waals surface area (Å²) in [6, 6.07) is 0. The number of nitrogens with zero attached hydrogens (tertiary/aromatic N) is 1.